The lowest BCUT2D eigenvalue weighted by Gasteiger charge is -2.31. The van der Waals surface area contributed by atoms with Crippen LogP contribution in [0, 0.1) is 12.8 Å². The van der Waals surface area contributed by atoms with Crippen molar-refractivity contribution in [3.05, 3.63) is 52.8 Å². The minimum atomic E-state index is -0.0660. The molecule has 6 nitrogen and oxygen atoms in total. The number of pyridine rings is 1. The van der Waals surface area contributed by atoms with Gasteiger partial charge in [0.2, 0.25) is 5.91 Å². The number of aromatic nitrogens is 4. The number of aryl methyl sites for hydroxylation is 1. The summed E-state index contributed by atoms with van der Waals surface area (Å²) < 4.78 is 3.12. The quantitative estimate of drug-likeness (QED) is 0.427. The summed E-state index contributed by atoms with van der Waals surface area (Å²) in [5.74, 6) is 1.57. The highest BCUT2D eigenvalue weighted by Crippen LogP contribution is 2.38. The van der Waals surface area contributed by atoms with Gasteiger partial charge in [0, 0.05) is 28.5 Å². The average molecular weight is 500 g/mol. The first-order valence-electron chi connectivity index (χ1n) is 10.6. The standard InChI is InChI=1S/C23H26BrN5OS/c1-15-9-10-19(18(24)12-15)26-21(30)14-31-23-28-27-22(17-7-5-11-25-13-17)29(23)20-8-4-3-6-16(20)2/h5,7,9-13,16,20H,3-4,6,8,14H2,1-2H3,(H,26,30). The van der Waals surface area contributed by atoms with Crippen LogP contribution in [0.15, 0.2) is 52.4 Å². The summed E-state index contributed by atoms with van der Waals surface area (Å²) in [4.78, 5) is 16.9. The number of nitrogens with one attached hydrogen (secondary N) is 1. The summed E-state index contributed by atoms with van der Waals surface area (Å²) in [5, 5.41) is 12.7. The van der Waals surface area contributed by atoms with Gasteiger partial charge >= 0.3 is 0 Å². The second-order valence-electron chi connectivity index (χ2n) is 8.07. The SMILES string of the molecule is Cc1ccc(NC(=O)CSc2nnc(-c3cccnc3)n2C2CCCCC2C)c(Br)c1. The molecule has 0 spiro atoms. The second kappa shape index (κ2) is 9.96. The van der Waals surface area contributed by atoms with E-state index in [1.54, 1.807) is 6.20 Å². The number of amides is 1. The van der Waals surface area contributed by atoms with Crippen LogP contribution in [0.25, 0.3) is 11.4 Å². The molecule has 2 aromatic heterocycles. The summed E-state index contributed by atoms with van der Waals surface area (Å²) in [6.07, 6.45) is 8.34. The lowest BCUT2D eigenvalue weighted by Crippen LogP contribution is -2.23. The zero-order chi connectivity index (χ0) is 21.8. The largest absolute Gasteiger partial charge is 0.324 e. The number of benzene rings is 1. The Morgan fingerprint density at radius 1 is 1.26 bits per heavy atom. The normalized spacial score (nSPS) is 18.7. The van der Waals surface area contributed by atoms with Crippen molar-refractivity contribution >= 4 is 39.3 Å². The lowest BCUT2D eigenvalue weighted by atomic mass is 9.85. The second-order valence-corrected chi connectivity index (χ2v) is 9.86. The van der Waals surface area contributed by atoms with Gasteiger partial charge in [-0.2, -0.15) is 0 Å². The third-order valence-corrected chi connectivity index (χ3v) is 7.31. The highest BCUT2D eigenvalue weighted by molar-refractivity contribution is 9.10. The number of nitrogens with zero attached hydrogens (tertiary/aromatic N) is 4. The molecule has 3 aromatic rings. The number of anilines is 1. The molecule has 8 heteroatoms. The van der Waals surface area contributed by atoms with E-state index >= 15 is 0 Å². The van der Waals surface area contributed by atoms with Crippen molar-refractivity contribution in [1.82, 2.24) is 19.7 Å². The Morgan fingerprint density at radius 2 is 2.10 bits per heavy atom. The molecule has 1 N–H and O–H groups in total. The van der Waals surface area contributed by atoms with Crippen molar-refractivity contribution in [1.29, 1.82) is 0 Å². The molecule has 2 heterocycles. The van der Waals surface area contributed by atoms with Crippen LogP contribution in [-0.2, 0) is 4.79 Å². The lowest BCUT2D eigenvalue weighted by molar-refractivity contribution is -0.113. The van der Waals surface area contributed by atoms with Crippen molar-refractivity contribution in [2.75, 3.05) is 11.1 Å². The maximum Gasteiger partial charge on any atom is 0.234 e. The van der Waals surface area contributed by atoms with Crippen molar-refractivity contribution in [2.45, 2.75) is 50.7 Å². The fourth-order valence-electron chi connectivity index (χ4n) is 4.08. The van der Waals surface area contributed by atoms with Crippen LogP contribution in [0.4, 0.5) is 5.69 Å². The Bertz CT molecular complexity index is 1060. The van der Waals surface area contributed by atoms with Gasteiger partial charge in [0.15, 0.2) is 11.0 Å². The molecule has 0 bridgehead atoms. The molecule has 2 atom stereocenters. The van der Waals surface area contributed by atoms with Crippen molar-refractivity contribution in [3.63, 3.8) is 0 Å². The van der Waals surface area contributed by atoms with Crippen LogP contribution in [-0.4, -0.2) is 31.4 Å². The summed E-state index contributed by atoms with van der Waals surface area (Å²) in [7, 11) is 0. The van der Waals surface area contributed by atoms with E-state index in [1.807, 2.05) is 43.5 Å². The minimum absolute atomic E-state index is 0.0660. The van der Waals surface area contributed by atoms with Gasteiger partial charge in [0.1, 0.15) is 0 Å². The highest BCUT2D eigenvalue weighted by atomic mass is 79.9. The summed E-state index contributed by atoms with van der Waals surface area (Å²) in [6.45, 7) is 4.32. The van der Waals surface area contributed by atoms with Crippen molar-refractivity contribution in [3.8, 4) is 11.4 Å². The molecule has 1 aliphatic rings. The zero-order valence-electron chi connectivity index (χ0n) is 17.7. The highest BCUT2D eigenvalue weighted by Gasteiger charge is 2.29. The number of hydrogen-bond acceptors (Lipinski definition) is 5. The first-order chi connectivity index (χ1) is 15.0. The van der Waals surface area contributed by atoms with E-state index in [9.17, 15) is 4.79 Å². The van der Waals surface area contributed by atoms with Crippen molar-refractivity contribution in [2.24, 2.45) is 5.92 Å². The first-order valence-corrected chi connectivity index (χ1v) is 12.3. The van der Waals surface area contributed by atoms with E-state index in [0.29, 0.717) is 12.0 Å². The zero-order valence-corrected chi connectivity index (χ0v) is 20.1. The smallest absolute Gasteiger partial charge is 0.234 e. The summed E-state index contributed by atoms with van der Waals surface area (Å²) in [6, 6.07) is 10.1. The first kappa shape index (κ1) is 22.0. The van der Waals surface area contributed by atoms with E-state index in [2.05, 4.69) is 47.9 Å². The summed E-state index contributed by atoms with van der Waals surface area (Å²) >= 11 is 4.95. The van der Waals surface area contributed by atoms with Crippen LogP contribution >= 0.6 is 27.7 Å². The molecule has 2 unspecified atom stereocenters. The van der Waals surface area contributed by atoms with Crippen LogP contribution in [0.2, 0.25) is 0 Å². The number of hydrogen-bond donors (Lipinski definition) is 1. The fraction of sp³-hybridized carbons (Fsp3) is 0.391. The number of halogens is 1. The Hall–Kier alpha value is -2.19. The van der Waals surface area contributed by atoms with Gasteiger partial charge in [-0.25, -0.2) is 0 Å². The van der Waals surface area contributed by atoms with E-state index in [1.165, 1.54) is 31.0 Å². The van der Waals surface area contributed by atoms with Crippen molar-refractivity contribution < 1.29 is 4.79 Å². The minimum Gasteiger partial charge on any atom is -0.324 e. The molecular formula is C23H26BrN5OS. The van der Waals surface area contributed by atoms with Gasteiger partial charge in [-0.15, -0.1) is 10.2 Å². The van der Waals surface area contributed by atoms with Crippen LogP contribution in [0.1, 0.15) is 44.2 Å². The third kappa shape index (κ3) is 5.18. The van der Waals surface area contributed by atoms with Gasteiger partial charge in [0.05, 0.1) is 11.4 Å². The molecule has 4 rings (SSSR count). The molecular weight excluding hydrogens is 474 g/mol. The molecule has 1 aliphatic carbocycles. The maximum atomic E-state index is 12.6. The van der Waals surface area contributed by atoms with Gasteiger partial charge < -0.3 is 5.32 Å². The maximum absolute atomic E-state index is 12.6. The van der Waals surface area contributed by atoms with Crippen LogP contribution in [0.5, 0.6) is 0 Å². The fourth-order valence-corrected chi connectivity index (χ4v) is 5.47. The predicted molar refractivity (Wildman–Crippen MR) is 128 cm³/mol. The summed E-state index contributed by atoms with van der Waals surface area (Å²) in [5.41, 5.74) is 2.86. The Morgan fingerprint density at radius 3 is 2.84 bits per heavy atom. The van der Waals surface area contributed by atoms with Gasteiger partial charge in [-0.3, -0.25) is 14.3 Å². The molecule has 0 radical (unpaired) electrons. The Labute approximate surface area is 195 Å². The monoisotopic (exact) mass is 499 g/mol. The molecule has 0 saturated heterocycles. The molecule has 1 fully saturated rings. The van der Waals surface area contributed by atoms with E-state index in [4.69, 9.17) is 0 Å². The molecule has 162 valence electrons. The molecule has 1 aromatic carbocycles. The van der Waals surface area contributed by atoms with E-state index < -0.39 is 0 Å². The van der Waals surface area contributed by atoms with Gasteiger partial charge in [0.25, 0.3) is 0 Å². The predicted octanol–water partition coefficient (Wildman–Crippen LogP) is 5.89. The number of thioether (sulfide) groups is 1. The average Bonchev–Trinajstić information content (AvgIpc) is 3.19. The number of carbonyl (C=O) groups is 1. The molecule has 1 saturated carbocycles. The van der Waals surface area contributed by atoms with Gasteiger partial charge in [-0.05, 0) is 71.4 Å². The molecule has 31 heavy (non-hydrogen) atoms. The Kier molecular flexibility index (Phi) is 7.07. The van der Waals surface area contributed by atoms with E-state index in [0.717, 1.165) is 38.7 Å². The Balaban J connectivity index is 1.55. The molecule has 1 amide bonds. The van der Waals surface area contributed by atoms with Crippen LogP contribution in [0.3, 0.4) is 0 Å². The number of carbonyl (C=O) groups excluding carboxylic acids is 1. The molecule has 0 aliphatic heterocycles. The van der Waals surface area contributed by atoms with Crippen LogP contribution < -0.4 is 5.32 Å². The topological polar surface area (TPSA) is 72.7 Å². The van der Waals surface area contributed by atoms with Gasteiger partial charge in [-0.1, -0.05) is 37.6 Å². The third-order valence-electron chi connectivity index (χ3n) is 5.71. The van der Waals surface area contributed by atoms with E-state index in [-0.39, 0.29) is 11.7 Å². The number of rotatable bonds is 6.